The van der Waals surface area contributed by atoms with Crippen LogP contribution in [0.5, 0.6) is 5.75 Å². The van der Waals surface area contributed by atoms with E-state index in [9.17, 15) is 18.3 Å². The van der Waals surface area contributed by atoms with Gasteiger partial charge in [0.25, 0.3) is 0 Å². The quantitative estimate of drug-likeness (QED) is 0.638. The average molecular weight is 396 g/mol. The Morgan fingerprint density at radius 3 is 2.04 bits per heavy atom. The van der Waals surface area contributed by atoms with E-state index >= 15 is 0 Å². The molecule has 0 aliphatic rings. The zero-order chi connectivity index (χ0) is 20.1. The van der Waals surface area contributed by atoms with Gasteiger partial charge in [0.05, 0.1) is 18.6 Å². The molecule has 0 saturated carbocycles. The van der Waals surface area contributed by atoms with E-state index in [2.05, 4.69) is 4.74 Å². The number of hydrogen-bond acceptors (Lipinski definition) is 5. The molecule has 0 saturated heterocycles. The second kappa shape index (κ2) is 8.27. The third-order valence-corrected chi connectivity index (χ3v) is 5.85. The SMILES string of the molecule is COC(=O)c1ccc(CS(=O)(=O)Cc2ccc(-c3ccccc3)cc2)cc1O. The van der Waals surface area contributed by atoms with Crippen molar-refractivity contribution in [1.29, 1.82) is 0 Å². The van der Waals surface area contributed by atoms with Gasteiger partial charge in [-0.25, -0.2) is 13.2 Å². The van der Waals surface area contributed by atoms with Gasteiger partial charge in [0.2, 0.25) is 0 Å². The Kier molecular flexibility index (Phi) is 5.80. The van der Waals surface area contributed by atoms with Crippen LogP contribution in [0.2, 0.25) is 0 Å². The number of ether oxygens (including phenoxy) is 1. The fraction of sp³-hybridized carbons (Fsp3) is 0.136. The summed E-state index contributed by atoms with van der Waals surface area (Å²) in [6.07, 6.45) is 0. The fourth-order valence-corrected chi connectivity index (χ4v) is 4.42. The Balaban J connectivity index is 1.72. The van der Waals surface area contributed by atoms with E-state index in [1.807, 2.05) is 42.5 Å². The predicted octanol–water partition coefficient (Wildman–Crippen LogP) is 3.96. The number of aromatic hydroxyl groups is 1. The van der Waals surface area contributed by atoms with Gasteiger partial charge in [-0.1, -0.05) is 60.7 Å². The van der Waals surface area contributed by atoms with Crippen molar-refractivity contribution in [3.8, 4) is 16.9 Å². The topological polar surface area (TPSA) is 80.7 Å². The van der Waals surface area contributed by atoms with Crippen LogP contribution in [0, 0.1) is 0 Å². The van der Waals surface area contributed by atoms with Crippen molar-refractivity contribution in [2.45, 2.75) is 11.5 Å². The Morgan fingerprint density at radius 2 is 1.43 bits per heavy atom. The number of esters is 1. The van der Waals surface area contributed by atoms with Gasteiger partial charge in [0.15, 0.2) is 9.84 Å². The second-order valence-electron chi connectivity index (χ2n) is 6.44. The number of benzene rings is 3. The summed E-state index contributed by atoms with van der Waals surface area (Å²) in [4.78, 5) is 11.5. The van der Waals surface area contributed by atoms with Crippen LogP contribution in [0.15, 0.2) is 72.8 Å². The number of carbonyl (C=O) groups excluding carboxylic acids is 1. The smallest absolute Gasteiger partial charge is 0.341 e. The van der Waals surface area contributed by atoms with Gasteiger partial charge in [-0.15, -0.1) is 0 Å². The van der Waals surface area contributed by atoms with Crippen LogP contribution in [0.4, 0.5) is 0 Å². The number of rotatable bonds is 6. The van der Waals surface area contributed by atoms with Gasteiger partial charge in [-0.3, -0.25) is 0 Å². The molecule has 0 aliphatic carbocycles. The maximum atomic E-state index is 12.5. The van der Waals surface area contributed by atoms with E-state index in [1.54, 1.807) is 12.1 Å². The van der Waals surface area contributed by atoms with E-state index in [1.165, 1.54) is 25.3 Å². The van der Waals surface area contributed by atoms with Crippen molar-refractivity contribution in [3.05, 3.63) is 89.5 Å². The molecule has 1 N–H and O–H groups in total. The normalized spacial score (nSPS) is 11.2. The van der Waals surface area contributed by atoms with Gasteiger partial charge in [0.1, 0.15) is 11.3 Å². The first-order chi connectivity index (χ1) is 13.4. The van der Waals surface area contributed by atoms with Gasteiger partial charge < -0.3 is 9.84 Å². The van der Waals surface area contributed by atoms with Crippen LogP contribution in [0.25, 0.3) is 11.1 Å². The lowest BCUT2D eigenvalue weighted by Gasteiger charge is -2.08. The zero-order valence-corrected chi connectivity index (χ0v) is 16.1. The molecule has 0 bridgehead atoms. The number of sulfone groups is 1. The number of methoxy groups -OCH3 is 1. The molecule has 0 aliphatic heterocycles. The summed E-state index contributed by atoms with van der Waals surface area (Å²) in [7, 11) is -2.24. The minimum absolute atomic E-state index is 0.000138. The monoisotopic (exact) mass is 396 g/mol. The Morgan fingerprint density at radius 1 is 0.857 bits per heavy atom. The highest BCUT2D eigenvalue weighted by Crippen LogP contribution is 2.23. The van der Waals surface area contributed by atoms with Crippen LogP contribution in [0.3, 0.4) is 0 Å². The summed E-state index contributed by atoms with van der Waals surface area (Å²) in [5.41, 5.74) is 3.18. The number of phenols is 1. The van der Waals surface area contributed by atoms with Crippen molar-refractivity contribution < 1.29 is 23.1 Å². The summed E-state index contributed by atoms with van der Waals surface area (Å²) in [6.45, 7) is 0. The lowest BCUT2D eigenvalue weighted by molar-refractivity contribution is 0.0597. The molecule has 0 atom stereocenters. The second-order valence-corrected chi connectivity index (χ2v) is 8.50. The summed E-state index contributed by atoms with van der Waals surface area (Å²) < 4.78 is 29.6. The highest BCUT2D eigenvalue weighted by Gasteiger charge is 2.17. The van der Waals surface area contributed by atoms with Crippen molar-refractivity contribution >= 4 is 15.8 Å². The average Bonchev–Trinajstić information content (AvgIpc) is 2.68. The summed E-state index contributed by atoms with van der Waals surface area (Å²) >= 11 is 0. The fourth-order valence-electron chi connectivity index (χ4n) is 2.93. The highest BCUT2D eigenvalue weighted by molar-refractivity contribution is 7.89. The van der Waals surface area contributed by atoms with E-state index in [0.29, 0.717) is 11.1 Å². The first kappa shape index (κ1) is 19.6. The molecule has 0 fully saturated rings. The van der Waals surface area contributed by atoms with Gasteiger partial charge in [0, 0.05) is 0 Å². The van der Waals surface area contributed by atoms with Crippen LogP contribution in [0.1, 0.15) is 21.5 Å². The van der Waals surface area contributed by atoms with E-state index in [-0.39, 0.29) is 22.8 Å². The molecule has 144 valence electrons. The molecule has 3 aromatic carbocycles. The standard InChI is InChI=1S/C22H20O5S/c1-27-22(24)20-12-9-17(13-21(20)23)15-28(25,26)14-16-7-10-19(11-8-16)18-5-3-2-4-6-18/h2-13,23H,14-15H2,1H3. The minimum Gasteiger partial charge on any atom is -0.507 e. The van der Waals surface area contributed by atoms with E-state index in [4.69, 9.17) is 0 Å². The molecular formula is C22H20O5S. The predicted molar refractivity (Wildman–Crippen MR) is 108 cm³/mol. The molecule has 28 heavy (non-hydrogen) atoms. The van der Waals surface area contributed by atoms with Crippen LogP contribution in [-0.4, -0.2) is 26.6 Å². The number of hydrogen-bond donors (Lipinski definition) is 1. The molecule has 6 heteroatoms. The maximum absolute atomic E-state index is 12.5. The molecule has 0 aromatic heterocycles. The van der Waals surface area contributed by atoms with E-state index < -0.39 is 15.8 Å². The minimum atomic E-state index is -3.45. The van der Waals surface area contributed by atoms with Crippen LogP contribution < -0.4 is 0 Å². The summed E-state index contributed by atoms with van der Waals surface area (Å²) in [5.74, 6) is -1.32. The molecule has 0 heterocycles. The van der Waals surface area contributed by atoms with Crippen LogP contribution >= 0.6 is 0 Å². The number of carbonyl (C=O) groups is 1. The van der Waals surface area contributed by atoms with Gasteiger partial charge in [-0.05, 0) is 34.4 Å². The van der Waals surface area contributed by atoms with Crippen molar-refractivity contribution in [2.75, 3.05) is 7.11 Å². The molecule has 3 aromatic rings. The highest BCUT2D eigenvalue weighted by atomic mass is 32.2. The lowest BCUT2D eigenvalue weighted by Crippen LogP contribution is -2.08. The molecule has 0 unspecified atom stereocenters. The first-order valence-electron chi connectivity index (χ1n) is 8.63. The Labute approximate surface area is 164 Å². The number of phenolic OH excluding ortho intramolecular Hbond substituents is 1. The third kappa shape index (κ3) is 4.78. The first-order valence-corrected chi connectivity index (χ1v) is 10.4. The van der Waals surface area contributed by atoms with Crippen LogP contribution in [-0.2, 0) is 26.1 Å². The molecule has 3 rings (SSSR count). The molecular weight excluding hydrogens is 376 g/mol. The van der Waals surface area contributed by atoms with E-state index in [0.717, 1.165) is 11.1 Å². The van der Waals surface area contributed by atoms with Crippen molar-refractivity contribution in [2.24, 2.45) is 0 Å². The Hall–Kier alpha value is -3.12. The molecule has 0 spiro atoms. The molecule has 5 nitrogen and oxygen atoms in total. The lowest BCUT2D eigenvalue weighted by atomic mass is 10.0. The van der Waals surface area contributed by atoms with Gasteiger partial charge in [-0.2, -0.15) is 0 Å². The zero-order valence-electron chi connectivity index (χ0n) is 15.3. The Bertz CT molecular complexity index is 1070. The molecule has 0 radical (unpaired) electrons. The van der Waals surface area contributed by atoms with Crippen molar-refractivity contribution in [3.63, 3.8) is 0 Å². The third-order valence-electron chi connectivity index (χ3n) is 4.30. The summed E-state index contributed by atoms with van der Waals surface area (Å²) in [6, 6.07) is 21.4. The largest absolute Gasteiger partial charge is 0.507 e. The molecule has 0 amide bonds. The van der Waals surface area contributed by atoms with Gasteiger partial charge >= 0.3 is 5.97 Å². The maximum Gasteiger partial charge on any atom is 0.341 e. The van der Waals surface area contributed by atoms with Crippen molar-refractivity contribution in [1.82, 2.24) is 0 Å². The summed E-state index contributed by atoms with van der Waals surface area (Å²) in [5, 5.41) is 9.92.